The second-order valence-corrected chi connectivity index (χ2v) is 9.15. The van der Waals surface area contributed by atoms with Crippen LogP contribution in [0.5, 0.6) is 0 Å². The molecule has 2 amide bonds. The van der Waals surface area contributed by atoms with Crippen molar-refractivity contribution < 1.29 is 24.2 Å². The lowest BCUT2D eigenvalue weighted by Gasteiger charge is -2.19. The number of carboxylic acid groups (broad SMARTS) is 1. The van der Waals surface area contributed by atoms with E-state index in [0.717, 1.165) is 22.3 Å². The first kappa shape index (κ1) is 24.3. The smallest absolute Gasteiger partial charge is 0.407 e. The molecule has 0 unspecified atom stereocenters. The summed E-state index contributed by atoms with van der Waals surface area (Å²) in [5.41, 5.74) is 4.30. The molecule has 2 aromatic carbocycles. The monoisotopic (exact) mass is 494 g/mol. The number of hydrogen-bond donors (Lipinski definition) is 3. The van der Waals surface area contributed by atoms with Crippen molar-refractivity contribution in [2.24, 2.45) is 7.05 Å². The molecule has 35 heavy (non-hydrogen) atoms. The molecular formula is C25H26N4O5S. The summed E-state index contributed by atoms with van der Waals surface area (Å²) >= 11 is 1.53. The molecule has 1 heterocycles. The number of carbonyl (C=O) groups excluding carboxylic acids is 2. The quantitative estimate of drug-likeness (QED) is 0.414. The van der Waals surface area contributed by atoms with Crippen LogP contribution in [0.25, 0.3) is 11.1 Å². The zero-order valence-corrected chi connectivity index (χ0v) is 20.2. The molecule has 0 fully saturated rings. The van der Waals surface area contributed by atoms with Gasteiger partial charge in [-0.25, -0.2) is 9.59 Å². The molecule has 182 valence electrons. The maximum atomic E-state index is 12.9. The van der Waals surface area contributed by atoms with E-state index in [2.05, 4.69) is 27.9 Å². The molecule has 1 aliphatic rings. The molecule has 4 rings (SSSR count). The summed E-state index contributed by atoms with van der Waals surface area (Å²) < 4.78 is 6.87. The largest absolute Gasteiger partial charge is 0.477 e. The average molecular weight is 495 g/mol. The first-order valence-corrected chi connectivity index (χ1v) is 12.5. The van der Waals surface area contributed by atoms with Crippen molar-refractivity contribution in [2.75, 3.05) is 23.9 Å². The topological polar surface area (TPSA) is 123 Å². The normalized spacial score (nSPS) is 13.0. The van der Waals surface area contributed by atoms with Gasteiger partial charge in [0, 0.05) is 19.2 Å². The molecule has 1 aromatic heterocycles. The van der Waals surface area contributed by atoms with Crippen LogP contribution < -0.4 is 10.6 Å². The SMILES string of the molecule is CSCC[C@H](NC(=O)OCC1c2ccccc2-c2ccccc21)C(=O)Nc1nn(C)cc1C(=O)O. The number of amides is 2. The maximum absolute atomic E-state index is 12.9. The van der Waals surface area contributed by atoms with Crippen LogP contribution in [0, 0.1) is 0 Å². The molecule has 9 nitrogen and oxygen atoms in total. The number of anilines is 1. The summed E-state index contributed by atoms with van der Waals surface area (Å²) in [6.07, 6.45) is 2.82. The Morgan fingerprint density at radius 2 is 1.74 bits per heavy atom. The highest BCUT2D eigenvalue weighted by atomic mass is 32.2. The number of rotatable bonds is 9. The van der Waals surface area contributed by atoms with Gasteiger partial charge in [-0.1, -0.05) is 48.5 Å². The second-order valence-electron chi connectivity index (χ2n) is 8.16. The first-order chi connectivity index (χ1) is 16.9. The number of alkyl carbamates (subject to hydrolysis) is 1. The lowest BCUT2D eigenvalue weighted by molar-refractivity contribution is -0.118. The summed E-state index contributed by atoms with van der Waals surface area (Å²) in [6, 6.07) is 15.1. The van der Waals surface area contributed by atoms with E-state index in [9.17, 15) is 19.5 Å². The number of thioether (sulfide) groups is 1. The van der Waals surface area contributed by atoms with Crippen molar-refractivity contribution >= 4 is 35.5 Å². The van der Waals surface area contributed by atoms with Crippen LogP contribution in [0.1, 0.15) is 33.8 Å². The van der Waals surface area contributed by atoms with Crippen LogP contribution in [0.3, 0.4) is 0 Å². The third-order valence-corrected chi connectivity index (χ3v) is 6.51. The number of aromatic carboxylic acids is 1. The summed E-state index contributed by atoms with van der Waals surface area (Å²) in [5, 5.41) is 18.5. The number of aromatic nitrogens is 2. The Hall–Kier alpha value is -3.79. The lowest BCUT2D eigenvalue weighted by Crippen LogP contribution is -2.44. The number of carbonyl (C=O) groups is 3. The third kappa shape index (κ3) is 5.32. The molecule has 3 aromatic rings. The minimum atomic E-state index is -1.21. The van der Waals surface area contributed by atoms with E-state index in [0.29, 0.717) is 12.2 Å². The van der Waals surface area contributed by atoms with Crippen LogP contribution >= 0.6 is 11.8 Å². The van der Waals surface area contributed by atoms with Crippen molar-refractivity contribution in [1.29, 1.82) is 0 Å². The number of nitrogens with one attached hydrogen (secondary N) is 2. The molecule has 10 heteroatoms. The predicted molar refractivity (Wildman–Crippen MR) is 134 cm³/mol. The van der Waals surface area contributed by atoms with Gasteiger partial charge in [-0.3, -0.25) is 9.48 Å². The Morgan fingerprint density at radius 1 is 1.11 bits per heavy atom. The lowest BCUT2D eigenvalue weighted by atomic mass is 9.98. The van der Waals surface area contributed by atoms with E-state index in [4.69, 9.17) is 4.74 Å². The number of aryl methyl sites for hydroxylation is 1. The average Bonchev–Trinajstić information content (AvgIpc) is 3.37. The Bertz CT molecular complexity index is 1210. The van der Waals surface area contributed by atoms with E-state index < -0.39 is 24.0 Å². The minimum Gasteiger partial charge on any atom is -0.477 e. The van der Waals surface area contributed by atoms with Gasteiger partial charge < -0.3 is 20.5 Å². The molecular weight excluding hydrogens is 468 g/mol. The summed E-state index contributed by atoms with van der Waals surface area (Å²) in [7, 11) is 1.56. The fraction of sp³-hybridized carbons (Fsp3) is 0.280. The van der Waals surface area contributed by atoms with Gasteiger partial charge in [0.1, 0.15) is 18.2 Å². The number of hydrogen-bond acceptors (Lipinski definition) is 6. The van der Waals surface area contributed by atoms with Gasteiger partial charge in [0.15, 0.2) is 5.82 Å². The van der Waals surface area contributed by atoms with Crippen LogP contribution in [-0.2, 0) is 16.6 Å². The van der Waals surface area contributed by atoms with Crippen molar-refractivity contribution in [1.82, 2.24) is 15.1 Å². The maximum Gasteiger partial charge on any atom is 0.407 e. The van der Waals surface area contributed by atoms with Crippen molar-refractivity contribution in [3.63, 3.8) is 0 Å². The van der Waals surface area contributed by atoms with E-state index >= 15 is 0 Å². The highest BCUT2D eigenvalue weighted by Crippen LogP contribution is 2.44. The standard InChI is InChI=1S/C25H26N4O5S/c1-29-13-19(24(31)32)22(28-29)27-23(30)21(11-12-35-2)26-25(33)34-14-20-17-9-5-3-7-15(17)16-8-4-6-10-18(16)20/h3-10,13,20-21H,11-12,14H2,1-2H3,(H,26,33)(H,31,32)(H,27,28,30)/t21-/m0/s1. The van der Waals surface area contributed by atoms with E-state index in [1.54, 1.807) is 7.05 Å². The molecule has 0 spiro atoms. The molecule has 0 bridgehead atoms. The number of fused-ring (bicyclic) bond motifs is 3. The highest BCUT2D eigenvalue weighted by molar-refractivity contribution is 7.98. The molecule has 0 saturated carbocycles. The van der Waals surface area contributed by atoms with E-state index in [-0.39, 0.29) is 23.9 Å². The molecule has 1 atom stereocenters. The van der Waals surface area contributed by atoms with Gasteiger partial charge in [0.25, 0.3) is 0 Å². The summed E-state index contributed by atoms with van der Waals surface area (Å²) in [6.45, 7) is 0.125. The van der Waals surface area contributed by atoms with Crippen LogP contribution in [0.2, 0.25) is 0 Å². The second kappa shape index (κ2) is 10.6. The predicted octanol–water partition coefficient (Wildman–Crippen LogP) is 3.72. The van der Waals surface area contributed by atoms with Crippen LogP contribution in [0.4, 0.5) is 10.6 Å². The van der Waals surface area contributed by atoms with Crippen molar-refractivity contribution in [2.45, 2.75) is 18.4 Å². The number of ether oxygens (including phenoxy) is 1. The fourth-order valence-electron chi connectivity index (χ4n) is 4.23. The van der Waals surface area contributed by atoms with Gasteiger partial charge in [0.05, 0.1) is 0 Å². The molecule has 0 radical (unpaired) electrons. The van der Waals surface area contributed by atoms with E-state index in [1.807, 2.05) is 42.7 Å². The minimum absolute atomic E-state index is 0.0755. The Balaban J connectivity index is 1.43. The van der Waals surface area contributed by atoms with Crippen LogP contribution in [0.15, 0.2) is 54.7 Å². The third-order valence-electron chi connectivity index (χ3n) is 5.86. The fourth-order valence-corrected chi connectivity index (χ4v) is 4.70. The van der Waals surface area contributed by atoms with Gasteiger partial charge in [-0.2, -0.15) is 16.9 Å². The van der Waals surface area contributed by atoms with Gasteiger partial charge in [0.2, 0.25) is 5.91 Å². The van der Waals surface area contributed by atoms with Gasteiger partial charge >= 0.3 is 12.1 Å². The van der Waals surface area contributed by atoms with Crippen molar-refractivity contribution in [3.05, 3.63) is 71.4 Å². The molecule has 3 N–H and O–H groups in total. The highest BCUT2D eigenvalue weighted by Gasteiger charge is 2.30. The van der Waals surface area contributed by atoms with E-state index in [1.165, 1.54) is 22.6 Å². The Labute approximate surface area is 206 Å². The number of nitrogens with zero attached hydrogens (tertiary/aromatic N) is 2. The summed E-state index contributed by atoms with van der Waals surface area (Å²) in [5.74, 6) is -1.34. The zero-order chi connectivity index (χ0) is 24.9. The molecule has 1 aliphatic carbocycles. The molecule has 0 aliphatic heterocycles. The zero-order valence-electron chi connectivity index (χ0n) is 19.4. The summed E-state index contributed by atoms with van der Waals surface area (Å²) in [4.78, 5) is 37.0. The van der Waals surface area contributed by atoms with Crippen LogP contribution in [-0.4, -0.2) is 57.5 Å². The Kier molecular flexibility index (Phi) is 7.40. The Morgan fingerprint density at radius 3 is 2.34 bits per heavy atom. The van der Waals surface area contributed by atoms with Gasteiger partial charge in [-0.05, 0) is 40.7 Å². The number of carboxylic acids is 1. The number of benzene rings is 2. The first-order valence-electron chi connectivity index (χ1n) is 11.1. The molecule has 0 saturated heterocycles. The van der Waals surface area contributed by atoms with Crippen molar-refractivity contribution in [3.8, 4) is 11.1 Å². The van der Waals surface area contributed by atoms with Gasteiger partial charge in [-0.15, -0.1) is 0 Å².